The highest BCUT2D eigenvalue weighted by atomic mass is 19.4. The van der Waals surface area contributed by atoms with Crippen LogP contribution in [-0.2, 0) is 6.18 Å². The Morgan fingerprint density at radius 2 is 1.67 bits per heavy atom. The molecule has 130 valence electrons. The van der Waals surface area contributed by atoms with Crippen molar-refractivity contribution in [2.45, 2.75) is 6.18 Å². The first kappa shape index (κ1) is 17.8. The largest absolute Gasteiger partial charge is 0.497 e. The molecule has 2 rings (SSSR count). The summed E-state index contributed by atoms with van der Waals surface area (Å²) in [4.78, 5) is 0. The molecule has 0 amide bonds. The molecular weight excluding hydrogens is 321 g/mol. The van der Waals surface area contributed by atoms with Gasteiger partial charge in [0.25, 0.3) is 0 Å². The maximum Gasteiger partial charge on any atom is 0.416 e. The molecule has 0 saturated carbocycles. The number of nitrogens with one attached hydrogen (secondary N) is 2. The van der Waals surface area contributed by atoms with Gasteiger partial charge in [0.15, 0.2) is 0 Å². The lowest BCUT2D eigenvalue weighted by atomic mass is 10.2. The van der Waals surface area contributed by atoms with Crippen LogP contribution in [0.3, 0.4) is 0 Å². The van der Waals surface area contributed by atoms with Gasteiger partial charge in [0.2, 0.25) is 0 Å². The summed E-state index contributed by atoms with van der Waals surface area (Å²) in [5.74, 6) is 1.35. The van der Waals surface area contributed by atoms with Crippen LogP contribution in [0.4, 0.5) is 24.5 Å². The molecule has 0 fully saturated rings. The maximum absolute atomic E-state index is 12.7. The third-order valence-electron chi connectivity index (χ3n) is 3.37. The van der Waals surface area contributed by atoms with Crippen LogP contribution in [0.5, 0.6) is 11.5 Å². The van der Waals surface area contributed by atoms with Crippen molar-refractivity contribution in [3.05, 3.63) is 48.0 Å². The Labute approximate surface area is 138 Å². The lowest BCUT2D eigenvalue weighted by molar-refractivity contribution is -0.137. The Morgan fingerprint density at radius 3 is 2.33 bits per heavy atom. The number of hydrogen-bond donors (Lipinski definition) is 2. The van der Waals surface area contributed by atoms with Crippen LogP contribution in [0.1, 0.15) is 5.56 Å². The number of anilines is 2. The summed E-state index contributed by atoms with van der Waals surface area (Å²) in [5.41, 5.74) is 0.502. The first-order chi connectivity index (χ1) is 11.4. The zero-order valence-corrected chi connectivity index (χ0v) is 13.4. The van der Waals surface area contributed by atoms with Crippen LogP contribution in [0, 0.1) is 0 Å². The smallest absolute Gasteiger partial charge is 0.416 e. The summed E-state index contributed by atoms with van der Waals surface area (Å²) < 4.78 is 48.4. The average Bonchev–Trinajstić information content (AvgIpc) is 2.58. The molecule has 0 spiro atoms. The summed E-state index contributed by atoms with van der Waals surface area (Å²) in [7, 11) is 3.13. The van der Waals surface area contributed by atoms with Crippen LogP contribution < -0.4 is 20.1 Å². The van der Waals surface area contributed by atoms with E-state index in [2.05, 4.69) is 10.6 Å². The van der Waals surface area contributed by atoms with Crippen molar-refractivity contribution in [1.82, 2.24) is 0 Å². The number of methoxy groups -OCH3 is 2. The molecule has 2 aromatic rings. The number of halogens is 3. The summed E-state index contributed by atoms with van der Waals surface area (Å²) in [6.45, 7) is 0.946. The molecule has 7 heteroatoms. The van der Waals surface area contributed by atoms with E-state index in [-0.39, 0.29) is 0 Å². The summed E-state index contributed by atoms with van der Waals surface area (Å²) in [6, 6.07) is 10.5. The van der Waals surface area contributed by atoms with Gasteiger partial charge in [-0.25, -0.2) is 0 Å². The molecule has 4 nitrogen and oxygen atoms in total. The average molecular weight is 340 g/mol. The molecule has 24 heavy (non-hydrogen) atoms. The molecule has 2 N–H and O–H groups in total. The van der Waals surface area contributed by atoms with Gasteiger partial charge in [-0.1, -0.05) is 6.07 Å². The van der Waals surface area contributed by atoms with E-state index in [1.165, 1.54) is 6.07 Å². The van der Waals surface area contributed by atoms with Crippen LogP contribution in [0.2, 0.25) is 0 Å². The quantitative estimate of drug-likeness (QED) is 0.740. The van der Waals surface area contributed by atoms with Gasteiger partial charge in [-0.2, -0.15) is 13.2 Å². The Balaban J connectivity index is 1.92. The van der Waals surface area contributed by atoms with Crippen molar-refractivity contribution in [2.24, 2.45) is 0 Å². The van der Waals surface area contributed by atoms with Gasteiger partial charge >= 0.3 is 6.18 Å². The van der Waals surface area contributed by atoms with E-state index in [1.54, 1.807) is 38.5 Å². The van der Waals surface area contributed by atoms with Gasteiger partial charge < -0.3 is 20.1 Å². The second-order valence-electron chi connectivity index (χ2n) is 5.00. The van der Waals surface area contributed by atoms with Gasteiger partial charge in [0.1, 0.15) is 11.5 Å². The molecule has 0 bridgehead atoms. The first-order valence-corrected chi connectivity index (χ1v) is 7.31. The number of rotatable bonds is 7. The van der Waals surface area contributed by atoms with Gasteiger partial charge in [-0.3, -0.25) is 0 Å². The van der Waals surface area contributed by atoms with Gasteiger partial charge in [-0.05, 0) is 30.3 Å². The highest BCUT2D eigenvalue weighted by molar-refractivity contribution is 5.60. The Bertz CT molecular complexity index is 675. The van der Waals surface area contributed by atoms with E-state index in [0.717, 1.165) is 17.8 Å². The molecule has 0 heterocycles. The van der Waals surface area contributed by atoms with E-state index in [1.807, 2.05) is 0 Å². The molecule has 0 saturated heterocycles. The number of ether oxygens (including phenoxy) is 2. The fourth-order valence-electron chi connectivity index (χ4n) is 2.16. The summed E-state index contributed by atoms with van der Waals surface area (Å²) in [6.07, 6.45) is -4.34. The fraction of sp³-hybridized carbons (Fsp3) is 0.294. The maximum atomic E-state index is 12.7. The van der Waals surface area contributed by atoms with Crippen LogP contribution in [-0.4, -0.2) is 27.3 Å². The summed E-state index contributed by atoms with van der Waals surface area (Å²) in [5, 5.41) is 6.12. The SMILES string of the molecule is COc1ccc(OC)c(NCCNc2cccc(C(F)(F)F)c2)c1. The minimum Gasteiger partial charge on any atom is -0.497 e. The zero-order chi connectivity index (χ0) is 17.6. The van der Waals surface area contributed by atoms with Crippen molar-refractivity contribution in [2.75, 3.05) is 37.9 Å². The van der Waals surface area contributed by atoms with Gasteiger partial charge in [-0.15, -0.1) is 0 Å². The normalized spacial score (nSPS) is 11.0. The highest BCUT2D eigenvalue weighted by Gasteiger charge is 2.30. The Hall–Kier alpha value is -2.57. The van der Waals surface area contributed by atoms with Crippen molar-refractivity contribution in [3.63, 3.8) is 0 Å². The molecule has 0 aromatic heterocycles. The van der Waals surface area contributed by atoms with E-state index < -0.39 is 11.7 Å². The predicted octanol–water partition coefficient (Wildman–Crippen LogP) is 4.25. The van der Waals surface area contributed by atoms with Crippen molar-refractivity contribution in [3.8, 4) is 11.5 Å². The van der Waals surface area contributed by atoms with E-state index in [9.17, 15) is 13.2 Å². The van der Waals surface area contributed by atoms with Crippen molar-refractivity contribution >= 4 is 11.4 Å². The molecule has 0 unspecified atom stereocenters. The minimum absolute atomic E-state index is 0.421. The Morgan fingerprint density at radius 1 is 0.917 bits per heavy atom. The predicted molar refractivity (Wildman–Crippen MR) is 88.0 cm³/mol. The van der Waals surface area contributed by atoms with Crippen LogP contribution in [0.25, 0.3) is 0 Å². The summed E-state index contributed by atoms with van der Waals surface area (Å²) >= 11 is 0. The molecular formula is C17H19F3N2O2. The lowest BCUT2D eigenvalue weighted by Gasteiger charge is -2.14. The molecule has 0 aliphatic rings. The highest BCUT2D eigenvalue weighted by Crippen LogP contribution is 2.31. The van der Waals surface area contributed by atoms with E-state index in [0.29, 0.717) is 30.3 Å². The molecule has 0 atom stereocenters. The van der Waals surface area contributed by atoms with Gasteiger partial charge in [0, 0.05) is 24.8 Å². The monoisotopic (exact) mass is 340 g/mol. The molecule has 0 aliphatic heterocycles. The third kappa shape index (κ3) is 4.71. The lowest BCUT2D eigenvalue weighted by Crippen LogP contribution is -2.14. The van der Waals surface area contributed by atoms with Crippen molar-refractivity contribution in [1.29, 1.82) is 0 Å². The van der Waals surface area contributed by atoms with Gasteiger partial charge in [0.05, 0.1) is 25.5 Å². The van der Waals surface area contributed by atoms with Crippen LogP contribution in [0.15, 0.2) is 42.5 Å². The molecule has 0 radical (unpaired) electrons. The fourth-order valence-corrected chi connectivity index (χ4v) is 2.16. The Kier molecular flexibility index (Phi) is 5.78. The number of alkyl halides is 3. The second kappa shape index (κ2) is 7.81. The topological polar surface area (TPSA) is 42.5 Å². The number of benzene rings is 2. The number of hydrogen-bond acceptors (Lipinski definition) is 4. The standard InChI is InChI=1S/C17H19F3N2O2/c1-23-14-6-7-16(24-2)15(11-14)22-9-8-21-13-5-3-4-12(10-13)17(18,19)20/h3-7,10-11,21-22H,8-9H2,1-2H3. The zero-order valence-electron chi connectivity index (χ0n) is 13.4. The van der Waals surface area contributed by atoms with Crippen LogP contribution >= 0.6 is 0 Å². The first-order valence-electron chi connectivity index (χ1n) is 7.31. The van der Waals surface area contributed by atoms with E-state index in [4.69, 9.17) is 9.47 Å². The van der Waals surface area contributed by atoms with Crippen molar-refractivity contribution < 1.29 is 22.6 Å². The molecule has 2 aromatic carbocycles. The van der Waals surface area contributed by atoms with E-state index >= 15 is 0 Å². The second-order valence-corrected chi connectivity index (χ2v) is 5.00. The molecule has 0 aliphatic carbocycles. The third-order valence-corrected chi connectivity index (χ3v) is 3.37. The minimum atomic E-state index is -4.34.